The molecule has 0 aromatic heterocycles. The van der Waals surface area contributed by atoms with E-state index >= 15 is 0 Å². The minimum atomic E-state index is -2.10. The van der Waals surface area contributed by atoms with Crippen LogP contribution in [0, 0.1) is 0 Å². The summed E-state index contributed by atoms with van der Waals surface area (Å²) in [4.78, 5) is 0. The molecule has 30 atom stereocenters. The Morgan fingerprint density at radius 1 is 0.254 bits per heavy atom. The van der Waals surface area contributed by atoms with Crippen molar-refractivity contribution in [3.63, 3.8) is 0 Å². The van der Waals surface area contributed by atoms with Crippen LogP contribution < -0.4 is 0 Å². The third-order valence-corrected chi connectivity index (χ3v) is 12.4. The van der Waals surface area contributed by atoms with E-state index in [-0.39, 0.29) is 0 Å². The van der Waals surface area contributed by atoms with Crippen LogP contribution in [0.5, 0.6) is 0 Å². The summed E-state index contributed by atoms with van der Waals surface area (Å²) in [5, 5.41) is 209. The molecular weight excluding hydrogens is 928 g/mol. The van der Waals surface area contributed by atoms with Gasteiger partial charge in [0.15, 0.2) is 37.7 Å². The minimum absolute atomic E-state index is 0.825. The van der Waals surface area contributed by atoms with Gasteiger partial charge < -0.3 is 154 Å². The number of hydrogen-bond donors (Lipinski definition) is 20. The van der Waals surface area contributed by atoms with Crippen molar-refractivity contribution >= 4 is 0 Å². The van der Waals surface area contributed by atoms with Gasteiger partial charge in [-0.3, -0.25) is 0 Å². The number of aliphatic hydroxyl groups is 20. The van der Waals surface area contributed by atoms with Gasteiger partial charge >= 0.3 is 0 Å². The lowest BCUT2D eigenvalue weighted by Crippen LogP contribution is -2.67. The van der Waals surface area contributed by atoms with E-state index in [1.54, 1.807) is 0 Å². The van der Waals surface area contributed by atoms with Crippen molar-refractivity contribution in [1.82, 2.24) is 0 Å². The zero-order chi connectivity index (χ0) is 49.3. The van der Waals surface area contributed by atoms with Gasteiger partial charge in [0.2, 0.25) is 0 Å². The Morgan fingerprint density at radius 3 is 0.896 bits per heavy atom. The van der Waals surface area contributed by atoms with Crippen molar-refractivity contribution in [1.29, 1.82) is 0 Å². The van der Waals surface area contributed by atoms with Crippen LogP contribution in [-0.2, 0) is 52.1 Å². The first kappa shape index (κ1) is 55.1. The molecule has 0 aliphatic carbocycles. The fourth-order valence-electron chi connectivity index (χ4n) is 8.42. The second-order valence-corrected chi connectivity index (χ2v) is 16.8. The Hall–Kier alpha value is -1.24. The van der Waals surface area contributed by atoms with Crippen LogP contribution in [0.15, 0.2) is 0 Å². The van der Waals surface area contributed by atoms with Gasteiger partial charge in [-0.15, -0.1) is 0 Å². The summed E-state index contributed by atoms with van der Waals surface area (Å²) in [5.74, 6) is 0. The van der Waals surface area contributed by atoms with Gasteiger partial charge in [0, 0.05) is 0 Å². The zero-order valence-electron chi connectivity index (χ0n) is 35.0. The maximum absolute atomic E-state index is 11.1. The summed E-state index contributed by atoms with van der Waals surface area (Å²) in [6.45, 7) is -5.44. The van der Waals surface area contributed by atoms with E-state index in [9.17, 15) is 102 Å². The number of rotatable bonds is 16. The summed E-state index contributed by atoms with van der Waals surface area (Å²) < 4.78 is 60.3. The second-order valence-electron chi connectivity index (χ2n) is 16.8. The van der Waals surface area contributed by atoms with Crippen LogP contribution in [0.3, 0.4) is 0 Å². The molecule has 0 aromatic rings. The number of hydrogen-bond acceptors (Lipinski definition) is 31. The summed E-state index contributed by atoms with van der Waals surface area (Å²) in [6, 6.07) is 0. The Labute approximate surface area is 378 Å². The molecule has 0 saturated carbocycles. The highest BCUT2D eigenvalue weighted by molar-refractivity contribution is 4.99. The van der Waals surface area contributed by atoms with Crippen LogP contribution in [0.4, 0.5) is 0 Å². The van der Waals surface area contributed by atoms with Crippen molar-refractivity contribution in [3.8, 4) is 0 Å². The highest BCUT2D eigenvalue weighted by Gasteiger charge is 2.56. The largest absolute Gasteiger partial charge is 0.394 e. The van der Waals surface area contributed by atoms with Crippen molar-refractivity contribution in [2.45, 2.75) is 184 Å². The molecule has 30 unspecified atom stereocenters. The summed E-state index contributed by atoms with van der Waals surface area (Å²) in [6.07, 6.45) is -56.0. The number of aliphatic hydroxyl groups excluding tert-OH is 20. The average Bonchev–Trinajstić information content (AvgIpc) is 3.32. The molecule has 6 saturated heterocycles. The molecule has 6 aliphatic heterocycles. The Bertz CT molecular complexity index is 1500. The van der Waals surface area contributed by atoms with Gasteiger partial charge in [-0.05, 0) is 0 Å². The molecule has 6 heterocycles. The third-order valence-electron chi connectivity index (χ3n) is 12.4. The highest BCUT2D eigenvalue weighted by Crippen LogP contribution is 2.35. The van der Waals surface area contributed by atoms with E-state index in [1.807, 2.05) is 0 Å². The molecule has 6 aliphatic rings. The standard InChI is InChI=1S/C36H62O31/c37-1-7-13(42)15(44)22(51)33(59-7)65-29-10(4-40)62-36(26(55)19(29)48)67-28-9(3-39)60-32(24(53)18(28)47)57-6-12-14(43)16(45)23(52)34(63-12)66-30-11(5-41)61-35(25(54)20(30)49)64-27-8(2-38)58-31(56)21(50)17(27)46/h7-56H,1-6H2. The summed E-state index contributed by atoms with van der Waals surface area (Å²) >= 11 is 0. The molecule has 20 N–H and O–H groups in total. The second kappa shape index (κ2) is 23.5. The smallest absolute Gasteiger partial charge is 0.187 e. The van der Waals surface area contributed by atoms with Gasteiger partial charge in [0.25, 0.3) is 0 Å². The number of ether oxygens (including phenoxy) is 11. The van der Waals surface area contributed by atoms with Crippen LogP contribution in [0.25, 0.3) is 0 Å². The van der Waals surface area contributed by atoms with Crippen LogP contribution in [0.2, 0.25) is 0 Å². The van der Waals surface area contributed by atoms with Crippen LogP contribution >= 0.6 is 0 Å². The lowest BCUT2D eigenvalue weighted by atomic mass is 9.96. The topological polar surface area (TPSA) is 506 Å². The first-order valence-corrected chi connectivity index (χ1v) is 21.1. The van der Waals surface area contributed by atoms with Gasteiger partial charge in [-0.2, -0.15) is 0 Å². The van der Waals surface area contributed by atoms with Gasteiger partial charge in [0.1, 0.15) is 146 Å². The molecule has 0 aromatic carbocycles. The van der Waals surface area contributed by atoms with E-state index in [1.165, 1.54) is 0 Å². The van der Waals surface area contributed by atoms with E-state index in [2.05, 4.69) is 0 Å². The van der Waals surface area contributed by atoms with Crippen molar-refractivity contribution in [2.75, 3.05) is 39.6 Å². The maximum atomic E-state index is 11.1. The molecule has 6 fully saturated rings. The molecule has 67 heavy (non-hydrogen) atoms. The van der Waals surface area contributed by atoms with Gasteiger partial charge in [-0.1, -0.05) is 0 Å². The quantitative estimate of drug-likeness (QED) is 0.0683. The van der Waals surface area contributed by atoms with Crippen LogP contribution in [-0.4, -0.2) is 326 Å². The first-order valence-electron chi connectivity index (χ1n) is 21.1. The van der Waals surface area contributed by atoms with E-state index in [0.29, 0.717) is 0 Å². The molecule has 0 bridgehead atoms. The molecule has 31 nitrogen and oxygen atoms in total. The lowest BCUT2D eigenvalue weighted by molar-refractivity contribution is -0.385. The molecule has 31 heteroatoms. The zero-order valence-corrected chi connectivity index (χ0v) is 35.0. The lowest BCUT2D eigenvalue weighted by Gasteiger charge is -2.48. The van der Waals surface area contributed by atoms with E-state index in [0.717, 1.165) is 0 Å². The van der Waals surface area contributed by atoms with E-state index < -0.39 is 224 Å². The maximum Gasteiger partial charge on any atom is 0.187 e. The molecule has 392 valence electrons. The average molecular weight is 991 g/mol. The Kier molecular flexibility index (Phi) is 19.4. The van der Waals surface area contributed by atoms with E-state index in [4.69, 9.17) is 52.1 Å². The summed E-state index contributed by atoms with van der Waals surface area (Å²) in [7, 11) is 0. The summed E-state index contributed by atoms with van der Waals surface area (Å²) in [5.41, 5.74) is 0. The van der Waals surface area contributed by atoms with Gasteiger partial charge in [-0.25, -0.2) is 0 Å². The van der Waals surface area contributed by atoms with Crippen molar-refractivity contribution in [3.05, 3.63) is 0 Å². The van der Waals surface area contributed by atoms with Crippen LogP contribution in [0.1, 0.15) is 0 Å². The SMILES string of the molecule is OCC1OC(OC2C(CO)OC(OC3C(CO)OC(OCC4OC(OC5C(CO)OC(OC6C(CO)OC(O)C(O)C6O)C(O)C5O)C(O)C(O)C4O)C(O)C3O)C(O)C2O)C(O)C(O)C1O. The minimum Gasteiger partial charge on any atom is -0.394 e. The van der Waals surface area contributed by atoms with Crippen molar-refractivity contribution in [2.24, 2.45) is 0 Å². The monoisotopic (exact) mass is 990 g/mol. The first-order chi connectivity index (χ1) is 31.7. The Morgan fingerprint density at radius 2 is 0.522 bits per heavy atom. The molecule has 6 rings (SSSR count). The predicted molar refractivity (Wildman–Crippen MR) is 199 cm³/mol. The third kappa shape index (κ3) is 11.4. The van der Waals surface area contributed by atoms with Gasteiger partial charge in [0.05, 0.1) is 39.6 Å². The molecule has 0 spiro atoms. The predicted octanol–water partition coefficient (Wildman–Crippen LogP) is -14.1. The fourth-order valence-corrected chi connectivity index (χ4v) is 8.42. The highest BCUT2D eigenvalue weighted by atomic mass is 16.8. The molecule has 0 radical (unpaired) electrons. The fraction of sp³-hybridized carbons (Fsp3) is 1.00. The van der Waals surface area contributed by atoms with Crippen molar-refractivity contribution < 1.29 is 154 Å². The molecular formula is C36H62O31. The normalized spacial score (nSPS) is 53.4. The molecule has 0 amide bonds. The Balaban J connectivity index is 1.05.